The molecule has 25 heavy (non-hydrogen) atoms. The van der Waals surface area contributed by atoms with Crippen molar-refractivity contribution in [1.29, 1.82) is 0 Å². The Morgan fingerprint density at radius 2 is 2.08 bits per heavy atom. The highest BCUT2D eigenvalue weighted by Gasteiger charge is 2.22. The third kappa shape index (κ3) is 3.72. The lowest BCUT2D eigenvalue weighted by Gasteiger charge is -2.22. The molecule has 0 amide bonds. The van der Waals surface area contributed by atoms with Gasteiger partial charge in [-0.05, 0) is 32.6 Å². The predicted octanol–water partition coefficient (Wildman–Crippen LogP) is 1.89. The second-order valence-corrected chi connectivity index (χ2v) is 6.46. The fourth-order valence-corrected chi connectivity index (χ4v) is 3.32. The molecule has 3 rings (SSSR count). The van der Waals surface area contributed by atoms with Crippen LogP contribution in [-0.2, 0) is 30.6 Å². The second kappa shape index (κ2) is 7.08. The van der Waals surface area contributed by atoms with E-state index in [1.807, 2.05) is 18.9 Å². The summed E-state index contributed by atoms with van der Waals surface area (Å²) in [6.07, 6.45) is 4.59. The Morgan fingerprint density at radius 1 is 1.32 bits per heavy atom. The quantitative estimate of drug-likeness (QED) is 0.814. The molecule has 0 saturated carbocycles. The average Bonchev–Trinajstić information content (AvgIpc) is 2.96. The van der Waals surface area contributed by atoms with Crippen molar-refractivity contribution in [1.82, 2.24) is 15.1 Å². The normalized spacial score (nSPS) is 13.5. The molecule has 2 aromatic rings. The summed E-state index contributed by atoms with van der Waals surface area (Å²) < 4.78 is 5.47. The monoisotopic (exact) mass is 345 g/mol. The van der Waals surface area contributed by atoms with Crippen molar-refractivity contribution in [2.45, 2.75) is 52.0 Å². The maximum Gasteiger partial charge on any atom is 0.303 e. The molecule has 2 aromatic heterocycles. The zero-order valence-electron chi connectivity index (χ0n) is 14.6. The zero-order chi connectivity index (χ0) is 18.0. The molecule has 134 valence electrons. The molecule has 0 aromatic carbocycles. The van der Waals surface area contributed by atoms with Crippen LogP contribution >= 0.6 is 0 Å². The van der Waals surface area contributed by atoms with Gasteiger partial charge in [-0.2, -0.15) is 4.98 Å². The zero-order valence-corrected chi connectivity index (χ0v) is 14.6. The van der Waals surface area contributed by atoms with Gasteiger partial charge in [0, 0.05) is 36.7 Å². The van der Waals surface area contributed by atoms with E-state index in [1.54, 1.807) is 0 Å². The average molecular weight is 345 g/mol. The minimum absolute atomic E-state index is 0.0221. The van der Waals surface area contributed by atoms with Gasteiger partial charge in [0.25, 0.3) is 0 Å². The van der Waals surface area contributed by atoms with Gasteiger partial charge in [-0.1, -0.05) is 5.16 Å². The summed E-state index contributed by atoms with van der Waals surface area (Å²) in [4.78, 5) is 21.4. The van der Waals surface area contributed by atoms with E-state index in [4.69, 9.17) is 15.4 Å². The number of nitrogens with zero attached hydrogens (tertiary/aromatic N) is 4. The van der Waals surface area contributed by atoms with Crippen LogP contribution in [0.25, 0.3) is 0 Å². The Hall–Kier alpha value is -2.64. The molecule has 0 unspecified atom stereocenters. The van der Waals surface area contributed by atoms with Gasteiger partial charge in [0.2, 0.25) is 5.95 Å². The van der Waals surface area contributed by atoms with Crippen LogP contribution in [0.5, 0.6) is 0 Å². The van der Waals surface area contributed by atoms with E-state index in [9.17, 15) is 4.79 Å². The molecular formula is C17H23N5O3. The molecule has 0 bridgehead atoms. The molecule has 2 heterocycles. The lowest BCUT2D eigenvalue weighted by Crippen LogP contribution is -2.22. The first-order valence-corrected chi connectivity index (χ1v) is 8.48. The summed E-state index contributed by atoms with van der Waals surface area (Å²) in [5.74, 6) is 0.967. The largest absolute Gasteiger partial charge is 0.481 e. The smallest absolute Gasteiger partial charge is 0.303 e. The van der Waals surface area contributed by atoms with E-state index < -0.39 is 5.97 Å². The molecule has 0 fully saturated rings. The molecule has 0 atom stereocenters. The van der Waals surface area contributed by atoms with Crippen LogP contribution in [0.2, 0.25) is 0 Å². The highest BCUT2D eigenvalue weighted by Crippen LogP contribution is 2.28. The van der Waals surface area contributed by atoms with Crippen LogP contribution in [0, 0.1) is 6.92 Å². The Labute approximate surface area is 146 Å². The van der Waals surface area contributed by atoms with Gasteiger partial charge in [-0.3, -0.25) is 4.79 Å². The predicted molar refractivity (Wildman–Crippen MR) is 92.4 cm³/mol. The molecule has 0 radical (unpaired) electrons. The first-order valence-electron chi connectivity index (χ1n) is 8.48. The van der Waals surface area contributed by atoms with Crippen molar-refractivity contribution in [2.24, 2.45) is 0 Å². The van der Waals surface area contributed by atoms with Gasteiger partial charge >= 0.3 is 5.97 Å². The van der Waals surface area contributed by atoms with Gasteiger partial charge in [0.1, 0.15) is 17.3 Å². The number of anilines is 2. The van der Waals surface area contributed by atoms with E-state index in [0.29, 0.717) is 24.5 Å². The van der Waals surface area contributed by atoms with Gasteiger partial charge in [-0.25, -0.2) is 4.98 Å². The summed E-state index contributed by atoms with van der Waals surface area (Å²) in [5.41, 5.74) is 9.43. The number of aliphatic carboxylic acids is 1. The molecule has 3 N–H and O–H groups in total. The van der Waals surface area contributed by atoms with Crippen molar-refractivity contribution >= 4 is 17.7 Å². The van der Waals surface area contributed by atoms with Crippen molar-refractivity contribution in [2.75, 3.05) is 17.7 Å². The molecule has 1 aliphatic rings. The van der Waals surface area contributed by atoms with Gasteiger partial charge in [0.05, 0.1) is 6.54 Å². The fraction of sp³-hybridized carbons (Fsp3) is 0.529. The summed E-state index contributed by atoms with van der Waals surface area (Å²) >= 11 is 0. The van der Waals surface area contributed by atoms with Crippen molar-refractivity contribution in [3.05, 3.63) is 28.3 Å². The number of rotatable bonds is 6. The second-order valence-electron chi connectivity index (χ2n) is 6.46. The van der Waals surface area contributed by atoms with Crippen LogP contribution in [0.3, 0.4) is 0 Å². The molecule has 8 nitrogen and oxygen atoms in total. The van der Waals surface area contributed by atoms with Gasteiger partial charge in [0.15, 0.2) is 0 Å². The maximum atomic E-state index is 10.9. The molecule has 1 aliphatic carbocycles. The lowest BCUT2D eigenvalue weighted by atomic mass is 9.96. The molecule has 0 spiro atoms. The number of hydrogen-bond donors (Lipinski definition) is 2. The number of carbonyl (C=O) groups is 1. The Kier molecular flexibility index (Phi) is 4.87. The first kappa shape index (κ1) is 17.2. The topological polar surface area (TPSA) is 118 Å². The fourth-order valence-electron chi connectivity index (χ4n) is 3.32. The minimum Gasteiger partial charge on any atom is -0.481 e. The molecular weight excluding hydrogens is 322 g/mol. The third-order valence-corrected chi connectivity index (χ3v) is 4.58. The highest BCUT2D eigenvalue weighted by molar-refractivity contribution is 5.67. The number of aryl methyl sites for hydroxylation is 2. The summed E-state index contributed by atoms with van der Waals surface area (Å²) in [5, 5.41) is 13.2. The summed E-state index contributed by atoms with van der Waals surface area (Å²) in [6.45, 7) is 2.36. The number of aromatic nitrogens is 3. The number of fused-ring (bicyclic) bond motifs is 1. The van der Waals surface area contributed by atoms with Gasteiger partial charge in [-0.15, -0.1) is 0 Å². The highest BCUT2D eigenvalue weighted by atomic mass is 16.5. The Balaban J connectivity index is 1.87. The van der Waals surface area contributed by atoms with E-state index in [2.05, 4.69) is 15.1 Å². The van der Waals surface area contributed by atoms with E-state index in [-0.39, 0.29) is 12.4 Å². The lowest BCUT2D eigenvalue weighted by molar-refractivity contribution is -0.136. The number of carboxylic acid groups (broad SMARTS) is 1. The van der Waals surface area contributed by atoms with Crippen molar-refractivity contribution in [3.8, 4) is 0 Å². The number of nitrogens with two attached hydrogens (primary N) is 1. The standard InChI is InChI=1S/C17H23N5O3/c1-10-11(7-8-15(23)24)16(20-17(18)19-10)22(2)9-13-12-5-3-4-6-14(12)25-21-13/h3-9H2,1-2H3,(H,23,24)(H2,18,19,20). The Bertz CT molecular complexity index is 787. The van der Waals surface area contributed by atoms with Crippen LogP contribution < -0.4 is 10.6 Å². The van der Waals surface area contributed by atoms with Crippen LogP contribution in [0.1, 0.15) is 47.5 Å². The first-order chi connectivity index (χ1) is 12.0. The Morgan fingerprint density at radius 3 is 2.84 bits per heavy atom. The number of carboxylic acids is 1. The number of hydrogen-bond acceptors (Lipinski definition) is 7. The van der Waals surface area contributed by atoms with E-state index in [0.717, 1.165) is 42.7 Å². The molecule has 0 saturated heterocycles. The van der Waals surface area contributed by atoms with Crippen LogP contribution in [-0.4, -0.2) is 33.2 Å². The summed E-state index contributed by atoms with van der Waals surface area (Å²) in [6, 6.07) is 0. The number of nitrogen functional groups attached to an aromatic ring is 1. The van der Waals surface area contributed by atoms with Crippen molar-refractivity contribution < 1.29 is 14.4 Å². The van der Waals surface area contributed by atoms with E-state index in [1.165, 1.54) is 5.56 Å². The van der Waals surface area contributed by atoms with E-state index >= 15 is 0 Å². The van der Waals surface area contributed by atoms with Crippen molar-refractivity contribution in [3.63, 3.8) is 0 Å². The third-order valence-electron chi connectivity index (χ3n) is 4.58. The van der Waals surface area contributed by atoms with Gasteiger partial charge < -0.3 is 20.3 Å². The maximum absolute atomic E-state index is 10.9. The molecule has 0 aliphatic heterocycles. The van der Waals surface area contributed by atoms with Crippen LogP contribution in [0.4, 0.5) is 11.8 Å². The summed E-state index contributed by atoms with van der Waals surface area (Å²) in [7, 11) is 1.90. The SMILES string of the molecule is Cc1nc(N)nc(N(C)Cc2noc3c2CCCC3)c1CCC(=O)O. The van der Waals surface area contributed by atoms with Crippen LogP contribution in [0.15, 0.2) is 4.52 Å². The minimum atomic E-state index is -0.851. The molecule has 8 heteroatoms.